The van der Waals surface area contributed by atoms with E-state index in [1.165, 1.54) is 25.7 Å². The van der Waals surface area contributed by atoms with Gasteiger partial charge in [-0.2, -0.15) is 0 Å². The third-order valence-electron chi connectivity index (χ3n) is 3.25. The van der Waals surface area contributed by atoms with Crippen LogP contribution in [0.1, 0.15) is 39.0 Å². The molecule has 1 fully saturated rings. The molecule has 0 saturated heterocycles. The van der Waals surface area contributed by atoms with Gasteiger partial charge in [-0.05, 0) is 39.3 Å². The van der Waals surface area contributed by atoms with Gasteiger partial charge in [-0.1, -0.05) is 19.8 Å². The highest BCUT2D eigenvalue weighted by Crippen LogP contribution is 2.29. The van der Waals surface area contributed by atoms with E-state index in [9.17, 15) is 5.11 Å². The SMILES string of the molecule is CCCC1CCC(O)C(N(C)C)C1. The maximum atomic E-state index is 9.78. The zero-order valence-corrected chi connectivity index (χ0v) is 9.16. The molecule has 78 valence electrons. The largest absolute Gasteiger partial charge is 0.391 e. The second kappa shape index (κ2) is 4.97. The highest BCUT2D eigenvalue weighted by Gasteiger charge is 2.29. The van der Waals surface area contributed by atoms with Crippen LogP contribution in [0.15, 0.2) is 0 Å². The van der Waals surface area contributed by atoms with Crippen LogP contribution in [0.3, 0.4) is 0 Å². The van der Waals surface area contributed by atoms with Gasteiger partial charge in [-0.25, -0.2) is 0 Å². The van der Waals surface area contributed by atoms with Crippen LogP contribution in [-0.2, 0) is 0 Å². The van der Waals surface area contributed by atoms with Crippen LogP contribution in [0.4, 0.5) is 0 Å². The van der Waals surface area contributed by atoms with E-state index in [-0.39, 0.29) is 6.10 Å². The van der Waals surface area contributed by atoms with Gasteiger partial charge in [0.05, 0.1) is 6.10 Å². The van der Waals surface area contributed by atoms with E-state index in [4.69, 9.17) is 0 Å². The van der Waals surface area contributed by atoms with E-state index in [0.29, 0.717) is 6.04 Å². The second-order valence-electron chi connectivity index (χ2n) is 4.57. The molecule has 1 N–H and O–H groups in total. The van der Waals surface area contributed by atoms with Crippen LogP contribution >= 0.6 is 0 Å². The zero-order chi connectivity index (χ0) is 9.84. The highest BCUT2D eigenvalue weighted by atomic mass is 16.3. The first-order chi connectivity index (χ1) is 6.15. The average molecular weight is 185 g/mol. The first kappa shape index (κ1) is 11.0. The Labute approximate surface area is 81.9 Å². The summed E-state index contributed by atoms with van der Waals surface area (Å²) in [5.41, 5.74) is 0. The van der Waals surface area contributed by atoms with E-state index in [1.54, 1.807) is 0 Å². The van der Waals surface area contributed by atoms with Gasteiger partial charge in [0, 0.05) is 6.04 Å². The van der Waals surface area contributed by atoms with Gasteiger partial charge < -0.3 is 10.0 Å². The molecule has 2 heteroatoms. The van der Waals surface area contributed by atoms with Crippen molar-refractivity contribution in [3.63, 3.8) is 0 Å². The molecule has 0 aromatic carbocycles. The summed E-state index contributed by atoms with van der Waals surface area (Å²) < 4.78 is 0. The Balaban J connectivity index is 2.43. The Hall–Kier alpha value is -0.0800. The molecule has 0 heterocycles. The highest BCUT2D eigenvalue weighted by molar-refractivity contribution is 4.84. The first-order valence-corrected chi connectivity index (χ1v) is 5.49. The number of likely N-dealkylation sites (N-methyl/N-ethyl adjacent to an activating group) is 1. The van der Waals surface area contributed by atoms with Crippen molar-refractivity contribution < 1.29 is 5.11 Å². The molecule has 0 spiro atoms. The van der Waals surface area contributed by atoms with Crippen LogP contribution in [0.25, 0.3) is 0 Å². The summed E-state index contributed by atoms with van der Waals surface area (Å²) in [6.45, 7) is 2.25. The lowest BCUT2D eigenvalue weighted by molar-refractivity contribution is 0.0230. The Morgan fingerprint density at radius 3 is 2.54 bits per heavy atom. The predicted molar refractivity (Wildman–Crippen MR) is 55.7 cm³/mol. The number of hydrogen-bond acceptors (Lipinski definition) is 2. The molecule has 1 saturated carbocycles. The number of hydrogen-bond donors (Lipinski definition) is 1. The van der Waals surface area contributed by atoms with Crippen LogP contribution in [0.5, 0.6) is 0 Å². The predicted octanol–water partition coefficient (Wildman–Crippen LogP) is 1.88. The van der Waals surface area contributed by atoms with Crippen molar-refractivity contribution in [3.05, 3.63) is 0 Å². The van der Waals surface area contributed by atoms with E-state index < -0.39 is 0 Å². The molecule has 0 bridgehead atoms. The molecule has 0 amide bonds. The van der Waals surface area contributed by atoms with Crippen molar-refractivity contribution in [2.45, 2.75) is 51.2 Å². The molecule has 0 aliphatic heterocycles. The molecule has 0 aromatic heterocycles. The van der Waals surface area contributed by atoms with Crippen LogP contribution < -0.4 is 0 Å². The summed E-state index contributed by atoms with van der Waals surface area (Å²) in [5.74, 6) is 0.848. The number of aliphatic hydroxyl groups is 1. The molecule has 0 radical (unpaired) electrons. The molecular weight excluding hydrogens is 162 g/mol. The lowest BCUT2D eigenvalue weighted by Crippen LogP contribution is -2.43. The summed E-state index contributed by atoms with van der Waals surface area (Å²) in [6.07, 6.45) is 5.91. The molecule has 1 aliphatic rings. The lowest BCUT2D eigenvalue weighted by atomic mass is 9.81. The molecule has 13 heavy (non-hydrogen) atoms. The van der Waals surface area contributed by atoms with E-state index in [0.717, 1.165) is 12.3 Å². The lowest BCUT2D eigenvalue weighted by Gasteiger charge is -2.37. The second-order valence-corrected chi connectivity index (χ2v) is 4.57. The maximum Gasteiger partial charge on any atom is 0.0695 e. The van der Waals surface area contributed by atoms with E-state index in [1.807, 2.05) is 0 Å². The van der Waals surface area contributed by atoms with Crippen LogP contribution in [0.2, 0.25) is 0 Å². The minimum Gasteiger partial charge on any atom is -0.391 e. The topological polar surface area (TPSA) is 23.5 Å². The minimum atomic E-state index is -0.0943. The third kappa shape index (κ3) is 2.96. The maximum absolute atomic E-state index is 9.78. The fourth-order valence-electron chi connectivity index (χ4n) is 2.44. The Bertz CT molecular complexity index is 147. The van der Waals surface area contributed by atoms with Crippen molar-refractivity contribution in [2.75, 3.05) is 14.1 Å². The number of nitrogens with zero attached hydrogens (tertiary/aromatic N) is 1. The fraction of sp³-hybridized carbons (Fsp3) is 1.00. The Morgan fingerprint density at radius 2 is 2.00 bits per heavy atom. The zero-order valence-electron chi connectivity index (χ0n) is 9.16. The van der Waals surface area contributed by atoms with Gasteiger partial charge in [0.25, 0.3) is 0 Å². The van der Waals surface area contributed by atoms with Gasteiger partial charge in [-0.3, -0.25) is 0 Å². The van der Waals surface area contributed by atoms with Crippen molar-refractivity contribution >= 4 is 0 Å². The molecule has 0 aromatic rings. The standard InChI is InChI=1S/C11H23NO/c1-4-5-9-6-7-11(13)10(8-9)12(2)3/h9-11,13H,4-8H2,1-3H3. The molecule has 1 aliphatic carbocycles. The van der Waals surface area contributed by atoms with Gasteiger partial charge in [0.2, 0.25) is 0 Å². The van der Waals surface area contributed by atoms with E-state index >= 15 is 0 Å². The number of rotatable bonds is 3. The molecular formula is C11H23NO. The summed E-state index contributed by atoms with van der Waals surface area (Å²) >= 11 is 0. The van der Waals surface area contributed by atoms with E-state index in [2.05, 4.69) is 25.9 Å². The molecule has 3 unspecified atom stereocenters. The number of aliphatic hydroxyl groups excluding tert-OH is 1. The normalized spacial score (nSPS) is 35.3. The van der Waals surface area contributed by atoms with Crippen molar-refractivity contribution in [1.82, 2.24) is 4.90 Å². The minimum absolute atomic E-state index is 0.0943. The fourth-order valence-corrected chi connectivity index (χ4v) is 2.44. The van der Waals surface area contributed by atoms with Crippen molar-refractivity contribution in [3.8, 4) is 0 Å². The average Bonchev–Trinajstić information content (AvgIpc) is 2.08. The van der Waals surface area contributed by atoms with Crippen LogP contribution in [0, 0.1) is 5.92 Å². The quantitative estimate of drug-likeness (QED) is 0.725. The first-order valence-electron chi connectivity index (χ1n) is 5.49. The smallest absolute Gasteiger partial charge is 0.0695 e. The monoisotopic (exact) mass is 185 g/mol. The van der Waals surface area contributed by atoms with Crippen LogP contribution in [-0.4, -0.2) is 36.2 Å². The third-order valence-corrected chi connectivity index (χ3v) is 3.25. The summed E-state index contributed by atoms with van der Waals surface area (Å²) in [6, 6.07) is 0.394. The van der Waals surface area contributed by atoms with Gasteiger partial charge >= 0.3 is 0 Å². The van der Waals surface area contributed by atoms with Gasteiger partial charge in [0.15, 0.2) is 0 Å². The van der Waals surface area contributed by atoms with Gasteiger partial charge in [-0.15, -0.1) is 0 Å². The Kier molecular flexibility index (Phi) is 4.20. The summed E-state index contributed by atoms with van der Waals surface area (Å²) in [4.78, 5) is 2.17. The van der Waals surface area contributed by atoms with Crippen molar-refractivity contribution in [2.24, 2.45) is 5.92 Å². The summed E-state index contributed by atoms with van der Waals surface area (Å²) in [7, 11) is 4.14. The molecule has 1 rings (SSSR count). The molecule has 2 nitrogen and oxygen atoms in total. The van der Waals surface area contributed by atoms with Crippen molar-refractivity contribution in [1.29, 1.82) is 0 Å². The Morgan fingerprint density at radius 1 is 1.31 bits per heavy atom. The van der Waals surface area contributed by atoms with Gasteiger partial charge in [0.1, 0.15) is 0 Å². The molecule has 3 atom stereocenters. The summed E-state index contributed by atoms with van der Waals surface area (Å²) in [5, 5.41) is 9.78.